The van der Waals surface area contributed by atoms with Gasteiger partial charge in [-0.2, -0.15) is 0 Å². The number of hydrogen-bond acceptors (Lipinski definition) is 4. The van der Waals surface area contributed by atoms with Crippen LogP contribution >= 0.6 is 11.3 Å². The van der Waals surface area contributed by atoms with E-state index in [-0.39, 0.29) is 12.5 Å². The van der Waals surface area contributed by atoms with E-state index in [1.165, 1.54) is 11.1 Å². The number of carbonyl (C=O) groups excluding carboxylic acids is 1. The van der Waals surface area contributed by atoms with Crippen LogP contribution in [0.15, 0.2) is 60.7 Å². The lowest BCUT2D eigenvalue weighted by molar-refractivity contribution is -0.120. The lowest BCUT2D eigenvalue weighted by atomic mass is 10.1. The average molecular weight is 431 g/mol. The van der Waals surface area contributed by atoms with Crippen LogP contribution in [0, 0.1) is 27.7 Å². The molecule has 1 aromatic heterocycles. The molecule has 0 aliphatic carbocycles. The topological polar surface area (TPSA) is 42.4 Å². The molecule has 1 amide bonds. The number of hydrogen-bond donors (Lipinski definition) is 0. The van der Waals surface area contributed by atoms with Gasteiger partial charge >= 0.3 is 0 Å². The van der Waals surface area contributed by atoms with Crippen molar-refractivity contribution in [3.05, 3.63) is 88.5 Å². The monoisotopic (exact) mass is 430 g/mol. The summed E-state index contributed by atoms with van der Waals surface area (Å²) < 4.78 is 6.94. The fourth-order valence-corrected chi connectivity index (χ4v) is 4.69. The molecule has 0 atom stereocenters. The van der Waals surface area contributed by atoms with Crippen LogP contribution in [-0.2, 0) is 11.3 Å². The highest BCUT2D eigenvalue weighted by molar-refractivity contribution is 7.22. The predicted molar refractivity (Wildman–Crippen MR) is 128 cm³/mol. The molecule has 158 valence electrons. The van der Waals surface area contributed by atoms with E-state index in [1.807, 2.05) is 55.5 Å². The third-order valence-corrected chi connectivity index (χ3v) is 6.40. The van der Waals surface area contributed by atoms with E-state index in [2.05, 4.69) is 32.9 Å². The Morgan fingerprint density at radius 3 is 2.45 bits per heavy atom. The molecule has 31 heavy (non-hydrogen) atoms. The first-order valence-corrected chi connectivity index (χ1v) is 11.1. The number of thiazole rings is 1. The molecular formula is C26H26N2O2S. The van der Waals surface area contributed by atoms with Crippen molar-refractivity contribution in [3.63, 3.8) is 0 Å². The fourth-order valence-electron chi connectivity index (χ4n) is 3.53. The van der Waals surface area contributed by atoms with Gasteiger partial charge in [0.15, 0.2) is 11.7 Å². The van der Waals surface area contributed by atoms with Gasteiger partial charge in [-0.3, -0.25) is 9.69 Å². The SMILES string of the molecule is Cc1cc(C)c2nc(N(Cc3ccccc3)C(=O)COc3ccc(C)c(C)c3)sc2c1. The Kier molecular flexibility index (Phi) is 6.05. The minimum Gasteiger partial charge on any atom is -0.484 e. The predicted octanol–water partition coefficient (Wildman–Crippen LogP) is 6.14. The summed E-state index contributed by atoms with van der Waals surface area (Å²) in [7, 11) is 0. The third-order valence-electron chi connectivity index (χ3n) is 5.37. The Bertz CT molecular complexity index is 1230. The van der Waals surface area contributed by atoms with Gasteiger partial charge in [-0.25, -0.2) is 4.98 Å². The Morgan fingerprint density at radius 1 is 0.935 bits per heavy atom. The van der Waals surface area contributed by atoms with E-state index in [0.29, 0.717) is 17.4 Å². The van der Waals surface area contributed by atoms with Gasteiger partial charge in [-0.05, 0) is 73.7 Å². The summed E-state index contributed by atoms with van der Waals surface area (Å²) in [6, 6.07) is 20.1. The zero-order valence-corrected chi connectivity index (χ0v) is 19.1. The molecule has 0 saturated carbocycles. The van der Waals surface area contributed by atoms with Crippen molar-refractivity contribution in [3.8, 4) is 5.75 Å². The zero-order valence-electron chi connectivity index (χ0n) is 18.3. The Hall–Kier alpha value is -3.18. The molecule has 0 fully saturated rings. The van der Waals surface area contributed by atoms with E-state index >= 15 is 0 Å². The number of carbonyl (C=O) groups is 1. The number of fused-ring (bicyclic) bond motifs is 1. The number of ether oxygens (including phenoxy) is 1. The minimum atomic E-state index is -0.115. The summed E-state index contributed by atoms with van der Waals surface area (Å²) in [5, 5.41) is 0.696. The normalized spacial score (nSPS) is 11.0. The van der Waals surface area contributed by atoms with Crippen LogP contribution in [0.4, 0.5) is 5.13 Å². The molecule has 1 heterocycles. The van der Waals surface area contributed by atoms with Crippen LogP contribution in [0.5, 0.6) is 5.75 Å². The summed E-state index contributed by atoms with van der Waals surface area (Å²) in [6.07, 6.45) is 0. The molecular weight excluding hydrogens is 404 g/mol. The van der Waals surface area contributed by atoms with Crippen molar-refractivity contribution in [2.45, 2.75) is 34.2 Å². The Balaban J connectivity index is 1.63. The highest BCUT2D eigenvalue weighted by Crippen LogP contribution is 2.32. The van der Waals surface area contributed by atoms with Gasteiger partial charge < -0.3 is 4.74 Å². The number of anilines is 1. The molecule has 4 nitrogen and oxygen atoms in total. The summed E-state index contributed by atoms with van der Waals surface area (Å²) in [5.74, 6) is 0.586. The number of benzene rings is 3. The first-order chi connectivity index (χ1) is 14.9. The zero-order chi connectivity index (χ0) is 22.0. The molecule has 5 heteroatoms. The van der Waals surface area contributed by atoms with Gasteiger partial charge in [0.25, 0.3) is 5.91 Å². The molecule has 0 unspecified atom stereocenters. The smallest absolute Gasteiger partial charge is 0.267 e. The summed E-state index contributed by atoms with van der Waals surface area (Å²) in [6.45, 7) is 8.65. The lowest BCUT2D eigenvalue weighted by Crippen LogP contribution is -2.34. The first-order valence-electron chi connectivity index (χ1n) is 10.3. The second-order valence-corrected chi connectivity index (χ2v) is 8.93. The number of rotatable bonds is 6. The van der Waals surface area contributed by atoms with E-state index in [0.717, 1.165) is 26.9 Å². The van der Waals surface area contributed by atoms with E-state index in [4.69, 9.17) is 9.72 Å². The summed E-state index contributed by atoms with van der Waals surface area (Å²) in [4.78, 5) is 19.8. The molecule has 0 aliphatic rings. The van der Waals surface area contributed by atoms with Gasteiger partial charge in [0.05, 0.1) is 16.8 Å². The van der Waals surface area contributed by atoms with E-state index in [1.54, 1.807) is 16.2 Å². The molecule has 4 rings (SSSR count). The summed E-state index contributed by atoms with van der Waals surface area (Å²) in [5.41, 5.74) is 6.66. The molecule has 0 radical (unpaired) electrons. The summed E-state index contributed by atoms with van der Waals surface area (Å²) >= 11 is 1.55. The second-order valence-electron chi connectivity index (χ2n) is 7.93. The number of nitrogens with zero attached hydrogens (tertiary/aromatic N) is 2. The van der Waals surface area contributed by atoms with Gasteiger partial charge in [0.1, 0.15) is 5.75 Å². The molecule has 3 aromatic carbocycles. The largest absolute Gasteiger partial charge is 0.484 e. The molecule has 0 bridgehead atoms. The van der Waals surface area contributed by atoms with E-state index in [9.17, 15) is 4.79 Å². The van der Waals surface area contributed by atoms with Crippen molar-refractivity contribution in [1.29, 1.82) is 0 Å². The van der Waals surface area contributed by atoms with Gasteiger partial charge in [-0.1, -0.05) is 53.8 Å². The lowest BCUT2D eigenvalue weighted by Gasteiger charge is -2.20. The van der Waals surface area contributed by atoms with Crippen molar-refractivity contribution >= 4 is 32.6 Å². The molecule has 0 saturated heterocycles. The highest BCUT2D eigenvalue weighted by Gasteiger charge is 2.21. The van der Waals surface area contributed by atoms with Crippen LogP contribution in [0.3, 0.4) is 0 Å². The fraction of sp³-hybridized carbons (Fsp3) is 0.231. The maximum atomic E-state index is 13.3. The second kappa shape index (κ2) is 8.90. The highest BCUT2D eigenvalue weighted by atomic mass is 32.1. The molecule has 0 aliphatic heterocycles. The van der Waals surface area contributed by atoms with Crippen LogP contribution in [0.25, 0.3) is 10.2 Å². The molecule has 4 aromatic rings. The maximum absolute atomic E-state index is 13.3. The van der Waals surface area contributed by atoms with Crippen molar-refractivity contribution < 1.29 is 9.53 Å². The maximum Gasteiger partial charge on any atom is 0.267 e. The van der Waals surface area contributed by atoms with Gasteiger partial charge in [0.2, 0.25) is 0 Å². The van der Waals surface area contributed by atoms with Crippen LogP contribution < -0.4 is 9.64 Å². The van der Waals surface area contributed by atoms with Gasteiger partial charge in [0, 0.05) is 0 Å². The van der Waals surface area contributed by atoms with E-state index < -0.39 is 0 Å². The number of amides is 1. The third kappa shape index (κ3) is 4.78. The minimum absolute atomic E-state index is 0.0384. The van der Waals surface area contributed by atoms with Crippen LogP contribution in [0.2, 0.25) is 0 Å². The standard InChI is InChI=1S/C26H26N2O2S/c1-17-12-20(4)25-23(13-17)31-26(27-25)28(15-21-8-6-5-7-9-21)24(29)16-30-22-11-10-18(2)19(3)14-22/h5-14H,15-16H2,1-4H3. The van der Waals surface area contributed by atoms with Crippen LogP contribution in [0.1, 0.15) is 27.8 Å². The van der Waals surface area contributed by atoms with Crippen molar-refractivity contribution in [1.82, 2.24) is 4.98 Å². The number of aromatic nitrogens is 1. The van der Waals surface area contributed by atoms with Crippen LogP contribution in [-0.4, -0.2) is 17.5 Å². The van der Waals surface area contributed by atoms with Crippen molar-refractivity contribution in [2.24, 2.45) is 0 Å². The average Bonchev–Trinajstić information content (AvgIpc) is 3.17. The van der Waals surface area contributed by atoms with Crippen molar-refractivity contribution in [2.75, 3.05) is 11.5 Å². The first kappa shape index (κ1) is 21.1. The Labute approximate surface area is 187 Å². The molecule has 0 spiro atoms. The molecule has 0 N–H and O–H groups in total. The number of aryl methyl sites for hydroxylation is 4. The van der Waals surface area contributed by atoms with Gasteiger partial charge in [-0.15, -0.1) is 0 Å². The quantitative estimate of drug-likeness (QED) is 0.369. The Morgan fingerprint density at radius 2 is 1.71 bits per heavy atom.